The number of methoxy groups -OCH3 is 1. The third-order valence-corrected chi connectivity index (χ3v) is 5.00. The zero-order valence-electron chi connectivity index (χ0n) is 17.7. The zero-order chi connectivity index (χ0) is 21.1. The lowest BCUT2D eigenvalue weighted by Gasteiger charge is -2.29. The van der Waals surface area contributed by atoms with Crippen molar-refractivity contribution in [1.29, 1.82) is 0 Å². The predicted molar refractivity (Wildman–Crippen MR) is 116 cm³/mol. The minimum absolute atomic E-state index is 0.0516. The minimum atomic E-state index is -0.513. The predicted octanol–water partition coefficient (Wildman–Crippen LogP) is 3.61. The smallest absolute Gasteiger partial charge is 0.242 e. The van der Waals surface area contributed by atoms with Crippen molar-refractivity contribution >= 4 is 11.8 Å². The van der Waals surface area contributed by atoms with E-state index in [1.54, 1.807) is 18.9 Å². The molecule has 29 heavy (non-hydrogen) atoms. The molecule has 0 aliphatic rings. The summed E-state index contributed by atoms with van der Waals surface area (Å²) in [6.07, 6.45) is 2.91. The summed E-state index contributed by atoms with van der Waals surface area (Å²) in [5.74, 6) is 0.602. The van der Waals surface area contributed by atoms with Gasteiger partial charge < -0.3 is 15.0 Å². The molecule has 0 spiro atoms. The molecule has 2 aromatic rings. The van der Waals surface area contributed by atoms with Crippen LogP contribution >= 0.6 is 0 Å². The van der Waals surface area contributed by atoms with E-state index < -0.39 is 6.04 Å². The molecule has 0 aromatic heterocycles. The molecule has 1 N–H and O–H groups in total. The van der Waals surface area contributed by atoms with Crippen LogP contribution in [0.4, 0.5) is 0 Å². The van der Waals surface area contributed by atoms with Gasteiger partial charge in [-0.15, -0.1) is 0 Å². The average Bonchev–Trinajstić information content (AvgIpc) is 2.75. The van der Waals surface area contributed by atoms with Gasteiger partial charge in [0, 0.05) is 13.1 Å². The molecule has 156 valence electrons. The molecule has 2 amide bonds. The molecular formula is C24H32N2O3. The topological polar surface area (TPSA) is 58.6 Å². The summed E-state index contributed by atoms with van der Waals surface area (Å²) >= 11 is 0. The van der Waals surface area contributed by atoms with E-state index in [1.807, 2.05) is 54.6 Å². The SMILES string of the molecule is CCCCNC(=O)[C@@H](C)N(CCc1ccccc1)C(=O)Cc1ccc(OC)cc1. The number of hydrogen-bond donors (Lipinski definition) is 1. The lowest BCUT2D eigenvalue weighted by Crippen LogP contribution is -2.49. The molecule has 0 saturated carbocycles. The first-order valence-electron chi connectivity index (χ1n) is 10.3. The molecule has 2 aromatic carbocycles. The van der Waals surface area contributed by atoms with Crippen LogP contribution < -0.4 is 10.1 Å². The van der Waals surface area contributed by atoms with Crippen molar-refractivity contribution < 1.29 is 14.3 Å². The highest BCUT2D eigenvalue weighted by Crippen LogP contribution is 2.14. The molecule has 5 heteroatoms. The third-order valence-electron chi connectivity index (χ3n) is 5.00. The number of carbonyl (C=O) groups excluding carboxylic acids is 2. The van der Waals surface area contributed by atoms with E-state index in [0.29, 0.717) is 19.5 Å². The lowest BCUT2D eigenvalue weighted by molar-refractivity contribution is -0.139. The zero-order valence-corrected chi connectivity index (χ0v) is 17.7. The Morgan fingerprint density at radius 2 is 1.72 bits per heavy atom. The highest BCUT2D eigenvalue weighted by atomic mass is 16.5. The Morgan fingerprint density at radius 3 is 2.34 bits per heavy atom. The molecule has 0 radical (unpaired) electrons. The fraction of sp³-hybridized carbons (Fsp3) is 0.417. The first kappa shape index (κ1) is 22.5. The van der Waals surface area contributed by atoms with Crippen molar-refractivity contribution in [2.45, 2.75) is 45.6 Å². The Morgan fingerprint density at radius 1 is 1.03 bits per heavy atom. The van der Waals surface area contributed by atoms with Gasteiger partial charge in [0.1, 0.15) is 11.8 Å². The van der Waals surface area contributed by atoms with Crippen molar-refractivity contribution in [3.63, 3.8) is 0 Å². The average molecular weight is 397 g/mol. The number of amides is 2. The van der Waals surface area contributed by atoms with Gasteiger partial charge in [-0.1, -0.05) is 55.8 Å². The lowest BCUT2D eigenvalue weighted by atomic mass is 10.1. The van der Waals surface area contributed by atoms with Crippen LogP contribution in [-0.2, 0) is 22.4 Å². The maximum absolute atomic E-state index is 13.1. The first-order valence-corrected chi connectivity index (χ1v) is 10.3. The van der Waals surface area contributed by atoms with Crippen molar-refractivity contribution in [3.8, 4) is 5.75 Å². The van der Waals surface area contributed by atoms with Crippen LogP contribution in [0.5, 0.6) is 5.75 Å². The van der Waals surface area contributed by atoms with Crippen molar-refractivity contribution in [1.82, 2.24) is 10.2 Å². The molecular weight excluding hydrogens is 364 g/mol. The number of rotatable bonds is 11. The number of ether oxygens (including phenoxy) is 1. The summed E-state index contributed by atoms with van der Waals surface area (Å²) in [5, 5.41) is 2.95. The van der Waals surface area contributed by atoms with Crippen LogP contribution in [0.2, 0.25) is 0 Å². The molecule has 0 saturated heterocycles. The molecule has 0 aliphatic carbocycles. The standard InChI is InChI=1S/C24H32N2O3/c1-4-5-16-25-24(28)19(2)26(17-15-20-9-7-6-8-10-20)23(27)18-21-11-13-22(29-3)14-12-21/h6-14,19H,4-5,15-18H2,1-3H3,(H,25,28)/t19-/m1/s1. The van der Waals surface area contributed by atoms with Gasteiger partial charge in [-0.3, -0.25) is 9.59 Å². The van der Waals surface area contributed by atoms with Crippen LogP contribution in [0.3, 0.4) is 0 Å². The summed E-state index contributed by atoms with van der Waals surface area (Å²) < 4.78 is 5.18. The maximum Gasteiger partial charge on any atom is 0.242 e. The van der Waals surface area contributed by atoms with Gasteiger partial charge in [-0.05, 0) is 43.0 Å². The van der Waals surface area contributed by atoms with Gasteiger partial charge >= 0.3 is 0 Å². The Hall–Kier alpha value is -2.82. The summed E-state index contributed by atoms with van der Waals surface area (Å²) in [7, 11) is 1.62. The van der Waals surface area contributed by atoms with E-state index in [4.69, 9.17) is 4.74 Å². The summed E-state index contributed by atoms with van der Waals surface area (Å²) in [6, 6.07) is 17.0. The molecule has 1 atom stereocenters. The summed E-state index contributed by atoms with van der Waals surface area (Å²) in [6.45, 7) is 5.03. The summed E-state index contributed by atoms with van der Waals surface area (Å²) in [5.41, 5.74) is 2.05. The highest BCUT2D eigenvalue weighted by Gasteiger charge is 2.25. The van der Waals surface area contributed by atoms with Gasteiger partial charge in [0.25, 0.3) is 0 Å². The summed E-state index contributed by atoms with van der Waals surface area (Å²) in [4.78, 5) is 27.4. The fourth-order valence-corrected chi connectivity index (χ4v) is 3.13. The number of nitrogens with one attached hydrogen (secondary N) is 1. The Bertz CT molecular complexity index is 759. The molecule has 0 heterocycles. The second-order valence-corrected chi connectivity index (χ2v) is 7.17. The number of carbonyl (C=O) groups is 2. The number of nitrogens with zero attached hydrogens (tertiary/aromatic N) is 1. The van der Waals surface area contributed by atoms with E-state index in [9.17, 15) is 9.59 Å². The molecule has 2 rings (SSSR count). The molecule has 5 nitrogen and oxygen atoms in total. The van der Waals surface area contributed by atoms with Gasteiger partial charge in [-0.2, -0.15) is 0 Å². The Balaban J connectivity index is 2.08. The largest absolute Gasteiger partial charge is 0.497 e. The van der Waals surface area contributed by atoms with Crippen molar-refractivity contribution in [2.24, 2.45) is 0 Å². The second kappa shape index (κ2) is 11.9. The van der Waals surface area contributed by atoms with Crippen LogP contribution in [0.25, 0.3) is 0 Å². The normalized spacial score (nSPS) is 11.6. The number of hydrogen-bond acceptors (Lipinski definition) is 3. The van der Waals surface area contributed by atoms with Crippen LogP contribution in [-0.4, -0.2) is 43.0 Å². The number of unbranched alkanes of at least 4 members (excludes halogenated alkanes) is 1. The Labute approximate surface area is 174 Å². The quantitative estimate of drug-likeness (QED) is 0.590. The van der Waals surface area contributed by atoms with Gasteiger partial charge in [0.2, 0.25) is 11.8 Å². The van der Waals surface area contributed by atoms with Crippen LogP contribution in [0, 0.1) is 0 Å². The number of benzene rings is 2. The van der Waals surface area contributed by atoms with Gasteiger partial charge in [0.15, 0.2) is 0 Å². The molecule has 0 unspecified atom stereocenters. The van der Waals surface area contributed by atoms with Gasteiger partial charge in [-0.25, -0.2) is 0 Å². The van der Waals surface area contributed by atoms with Crippen molar-refractivity contribution in [3.05, 3.63) is 65.7 Å². The van der Waals surface area contributed by atoms with E-state index >= 15 is 0 Å². The first-order chi connectivity index (χ1) is 14.0. The van der Waals surface area contributed by atoms with E-state index in [2.05, 4.69) is 12.2 Å². The fourth-order valence-electron chi connectivity index (χ4n) is 3.13. The minimum Gasteiger partial charge on any atom is -0.497 e. The molecule has 0 bridgehead atoms. The second-order valence-electron chi connectivity index (χ2n) is 7.17. The molecule has 0 aliphatic heterocycles. The molecule has 0 fully saturated rings. The maximum atomic E-state index is 13.1. The third kappa shape index (κ3) is 7.26. The highest BCUT2D eigenvalue weighted by molar-refractivity contribution is 5.88. The van der Waals surface area contributed by atoms with Crippen molar-refractivity contribution in [2.75, 3.05) is 20.2 Å². The monoisotopic (exact) mass is 396 g/mol. The van der Waals surface area contributed by atoms with E-state index in [-0.39, 0.29) is 18.2 Å². The van der Waals surface area contributed by atoms with E-state index in [0.717, 1.165) is 29.7 Å². The van der Waals surface area contributed by atoms with Crippen LogP contribution in [0.1, 0.15) is 37.8 Å². The van der Waals surface area contributed by atoms with Crippen LogP contribution in [0.15, 0.2) is 54.6 Å². The van der Waals surface area contributed by atoms with E-state index in [1.165, 1.54) is 0 Å². The Kier molecular flexibility index (Phi) is 9.22. The van der Waals surface area contributed by atoms with Gasteiger partial charge in [0.05, 0.1) is 13.5 Å².